The number of rotatable bonds is 7. The van der Waals surface area contributed by atoms with Crippen LogP contribution in [0.4, 0.5) is 0 Å². The number of ether oxygens (including phenoxy) is 2. The standard InChI is InChI=1S/C17H20N2O4S/c1-4-9-18-15(20)11(2)23-17(21)14-10-24-16(19-14)12-5-7-13(22-3)8-6-12/h5-8,10-11H,4,9H2,1-3H3,(H,18,20). The van der Waals surface area contributed by atoms with Crippen LogP contribution < -0.4 is 10.1 Å². The number of carbonyl (C=O) groups is 2. The van der Waals surface area contributed by atoms with Gasteiger partial charge >= 0.3 is 5.97 Å². The minimum Gasteiger partial charge on any atom is -0.497 e. The third kappa shape index (κ3) is 4.55. The number of thiazole rings is 1. The predicted octanol–water partition coefficient (Wildman–Crippen LogP) is 2.89. The Balaban J connectivity index is 2.01. The van der Waals surface area contributed by atoms with Crippen molar-refractivity contribution in [2.24, 2.45) is 0 Å². The molecule has 0 saturated carbocycles. The first-order chi connectivity index (χ1) is 11.5. The first-order valence-corrected chi connectivity index (χ1v) is 8.51. The van der Waals surface area contributed by atoms with Crippen molar-refractivity contribution in [3.8, 4) is 16.3 Å². The summed E-state index contributed by atoms with van der Waals surface area (Å²) in [5, 5.41) is 5.01. The van der Waals surface area contributed by atoms with Gasteiger partial charge in [-0.15, -0.1) is 11.3 Å². The number of methoxy groups -OCH3 is 1. The molecule has 1 aromatic carbocycles. The number of nitrogens with zero attached hydrogens (tertiary/aromatic N) is 1. The molecule has 7 heteroatoms. The Morgan fingerprint density at radius 1 is 1.29 bits per heavy atom. The number of amides is 1. The van der Waals surface area contributed by atoms with Crippen molar-refractivity contribution >= 4 is 23.2 Å². The van der Waals surface area contributed by atoms with E-state index in [0.29, 0.717) is 11.6 Å². The van der Waals surface area contributed by atoms with Crippen LogP contribution in [-0.4, -0.2) is 36.6 Å². The maximum Gasteiger partial charge on any atom is 0.358 e. The van der Waals surface area contributed by atoms with E-state index in [-0.39, 0.29) is 11.6 Å². The lowest BCUT2D eigenvalue weighted by Crippen LogP contribution is -2.36. The zero-order valence-electron chi connectivity index (χ0n) is 13.9. The summed E-state index contributed by atoms with van der Waals surface area (Å²) >= 11 is 1.34. The summed E-state index contributed by atoms with van der Waals surface area (Å²) in [5.41, 5.74) is 1.08. The molecule has 1 atom stereocenters. The minimum atomic E-state index is -0.852. The van der Waals surface area contributed by atoms with Gasteiger partial charge in [-0.05, 0) is 37.6 Å². The Bertz CT molecular complexity index is 697. The summed E-state index contributed by atoms with van der Waals surface area (Å²) in [5.74, 6) is -0.164. The van der Waals surface area contributed by atoms with E-state index in [2.05, 4.69) is 10.3 Å². The van der Waals surface area contributed by atoms with Gasteiger partial charge < -0.3 is 14.8 Å². The first-order valence-electron chi connectivity index (χ1n) is 7.63. The van der Waals surface area contributed by atoms with Gasteiger partial charge in [0, 0.05) is 17.5 Å². The molecule has 0 aliphatic carbocycles. The van der Waals surface area contributed by atoms with Crippen LogP contribution in [0.1, 0.15) is 30.8 Å². The predicted molar refractivity (Wildman–Crippen MR) is 92.3 cm³/mol. The van der Waals surface area contributed by atoms with Crippen molar-refractivity contribution in [2.45, 2.75) is 26.4 Å². The lowest BCUT2D eigenvalue weighted by molar-refractivity contribution is -0.129. The van der Waals surface area contributed by atoms with Crippen LogP contribution in [0.3, 0.4) is 0 Å². The van der Waals surface area contributed by atoms with E-state index in [1.807, 2.05) is 31.2 Å². The highest BCUT2D eigenvalue weighted by molar-refractivity contribution is 7.13. The number of hydrogen-bond acceptors (Lipinski definition) is 6. The van der Waals surface area contributed by atoms with Gasteiger partial charge in [-0.3, -0.25) is 4.79 Å². The lowest BCUT2D eigenvalue weighted by atomic mass is 10.2. The zero-order valence-corrected chi connectivity index (χ0v) is 14.7. The van der Waals surface area contributed by atoms with Gasteiger partial charge in [-0.1, -0.05) is 6.92 Å². The largest absolute Gasteiger partial charge is 0.497 e. The molecule has 1 unspecified atom stereocenters. The molecule has 0 fully saturated rings. The van der Waals surface area contributed by atoms with Crippen molar-refractivity contribution < 1.29 is 19.1 Å². The summed E-state index contributed by atoms with van der Waals surface area (Å²) in [4.78, 5) is 28.1. The monoisotopic (exact) mass is 348 g/mol. The fourth-order valence-electron chi connectivity index (χ4n) is 1.90. The maximum atomic E-state index is 12.1. The zero-order chi connectivity index (χ0) is 17.5. The van der Waals surface area contributed by atoms with Gasteiger partial charge in [0.25, 0.3) is 5.91 Å². The third-order valence-corrected chi connectivity index (χ3v) is 4.14. The fourth-order valence-corrected chi connectivity index (χ4v) is 2.70. The average Bonchev–Trinajstić information content (AvgIpc) is 3.09. The number of esters is 1. The van der Waals surface area contributed by atoms with Gasteiger partial charge in [0.15, 0.2) is 11.8 Å². The molecule has 1 N–H and O–H groups in total. The van der Waals surface area contributed by atoms with Crippen LogP contribution in [0, 0.1) is 0 Å². The van der Waals surface area contributed by atoms with Crippen LogP contribution in [0.5, 0.6) is 5.75 Å². The van der Waals surface area contributed by atoms with Crippen LogP contribution in [0.25, 0.3) is 10.6 Å². The van der Waals surface area contributed by atoms with Crippen LogP contribution in [-0.2, 0) is 9.53 Å². The molecule has 0 radical (unpaired) electrons. The van der Waals surface area contributed by atoms with Gasteiger partial charge in [0.05, 0.1) is 7.11 Å². The molecule has 128 valence electrons. The highest BCUT2D eigenvalue weighted by Gasteiger charge is 2.20. The van der Waals surface area contributed by atoms with Crippen molar-refractivity contribution in [1.29, 1.82) is 0 Å². The SMILES string of the molecule is CCCNC(=O)C(C)OC(=O)c1csc(-c2ccc(OC)cc2)n1. The Kier molecular flexibility index (Phi) is 6.31. The molecule has 6 nitrogen and oxygen atoms in total. The summed E-state index contributed by atoms with van der Waals surface area (Å²) in [7, 11) is 1.60. The molecule has 0 bridgehead atoms. The summed E-state index contributed by atoms with van der Waals surface area (Å²) < 4.78 is 10.3. The van der Waals surface area contributed by atoms with Gasteiger partial charge in [0.1, 0.15) is 10.8 Å². The van der Waals surface area contributed by atoms with Crippen molar-refractivity contribution in [1.82, 2.24) is 10.3 Å². The molecule has 1 heterocycles. The summed E-state index contributed by atoms with van der Waals surface area (Å²) in [6.07, 6.45) is -0.0286. The molecule has 0 aliphatic heterocycles. The summed E-state index contributed by atoms with van der Waals surface area (Å²) in [6.45, 7) is 4.05. The van der Waals surface area contributed by atoms with E-state index in [9.17, 15) is 9.59 Å². The van der Waals surface area contributed by atoms with Gasteiger partial charge in [0.2, 0.25) is 0 Å². The number of benzene rings is 1. The fraction of sp³-hybridized carbons (Fsp3) is 0.353. The highest BCUT2D eigenvalue weighted by atomic mass is 32.1. The van der Waals surface area contributed by atoms with Crippen molar-refractivity contribution in [2.75, 3.05) is 13.7 Å². The van der Waals surface area contributed by atoms with E-state index >= 15 is 0 Å². The summed E-state index contributed by atoms with van der Waals surface area (Å²) in [6, 6.07) is 7.39. The Morgan fingerprint density at radius 3 is 2.62 bits per heavy atom. The van der Waals surface area contributed by atoms with Crippen LogP contribution in [0.15, 0.2) is 29.6 Å². The Hall–Kier alpha value is -2.41. The molecular formula is C17H20N2O4S. The molecule has 1 amide bonds. The second-order valence-electron chi connectivity index (χ2n) is 5.10. The van der Waals surface area contributed by atoms with Crippen molar-refractivity contribution in [3.05, 3.63) is 35.3 Å². The highest BCUT2D eigenvalue weighted by Crippen LogP contribution is 2.26. The molecule has 2 rings (SSSR count). The van der Waals surface area contributed by atoms with Crippen LogP contribution in [0.2, 0.25) is 0 Å². The van der Waals surface area contributed by atoms with E-state index < -0.39 is 12.1 Å². The molecule has 24 heavy (non-hydrogen) atoms. The van der Waals surface area contributed by atoms with Gasteiger partial charge in [-0.25, -0.2) is 9.78 Å². The molecule has 0 aliphatic rings. The van der Waals surface area contributed by atoms with E-state index in [0.717, 1.165) is 17.7 Å². The molecule has 2 aromatic rings. The topological polar surface area (TPSA) is 77.5 Å². The van der Waals surface area contributed by atoms with E-state index in [1.165, 1.54) is 11.3 Å². The molecule has 0 saturated heterocycles. The number of hydrogen-bond donors (Lipinski definition) is 1. The lowest BCUT2D eigenvalue weighted by Gasteiger charge is -2.12. The van der Waals surface area contributed by atoms with E-state index in [1.54, 1.807) is 19.4 Å². The Labute approximate surface area is 144 Å². The third-order valence-electron chi connectivity index (χ3n) is 3.25. The quantitative estimate of drug-likeness (QED) is 0.779. The smallest absolute Gasteiger partial charge is 0.358 e. The van der Waals surface area contributed by atoms with Crippen molar-refractivity contribution in [3.63, 3.8) is 0 Å². The molecule has 1 aromatic heterocycles. The number of carbonyl (C=O) groups excluding carboxylic acids is 2. The Morgan fingerprint density at radius 2 is 2.00 bits per heavy atom. The molecule has 0 spiro atoms. The normalized spacial score (nSPS) is 11.6. The number of nitrogens with one attached hydrogen (secondary N) is 1. The van der Waals surface area contributed by atoms with Gasteiger partial charge in [-0.2, -0.15) is 0 Å². The second kappa shape index (κ2) is 8.44. The first kappa shape index (κ1) is 17.9. The molecular weight excluding hydrogens is 328 g/mol. The average molecular weight is 348 g/mol. The second-order valence-corrected chi connectivity index (χ2v) is 5.96. The van der Waals surface area contributed by atoms with E-state index in [4.69, 9.17) is 9.47 Å². The maximum absolute atomic E-state index is 12.1. The van der Waals surface area contributed by atoms with Crippen LogP contribution >= 0.6 is 11.3 Å². The minimum absolute atomic E-state index is 0.195. The number of aromatic nitrogens is 1.